The number of nitrogens with zero attached hydrogens (tertiary/aromatic N) is 1. The molecule has 44 heavy (non-hydrogen) atoms. The third-order valence-electron chi connectivity index (χ3n) is 7.93. The second-order valence-electron chi connectivity index (χ2n) is 11.8. The predicted molar refractivity (Wildman–Crippen MR) is 177 cm³/mol. The number of ether oxygens (including phenoxy) is 2. The summed E-state index contributed by atoms with van der Waals surface area (Å²) in [5.41, 5.74) is 0.939. The quantitative estimate of drug-likeness (QED) is 0.0580. The molecule has 0 aliphatic rings. The van der Waals surface area contributed by atoms with E-state index in [1.165, 1.54) is 82.4 Å². The van der Waals surface area contributed by atoms with E-state index in [1.807, 2.05) is 24.4 Å². The molecule has 1 aromatic heterocycles. The third kappa shape index (κ3) is 15.2. The zero-order valence-electron chi connectivity index (χ0n) is 27.0. The molecule has 0 aliphatic carbocycles. The van der Waals surface area contributed by atoms with E-state index < -0.39 is 14.3 Å². The number of benzene rings is 2. The molecule has 3 aromatic rings. The molecule has 3 rings (SSSR count). The predicted octanol–water partition coefficient (Wildman–Crippen LogP) is 8.11. The van der Waals surface area contributed by atoms with Crippen LogP contribution in [0.5, 0.6) is 5.75 Å². The summed E-state index contributed by atoms with van der Waals surface area (Å²) in [7, 11) is -2.79. The van der Waals surface area contributed by atoms with Crippen molar-refractivity contribution in [3.63, 3.8) is 0 Å². The van der Waals surface area contributed by atoms with Gasteiger partial charge in [-0.3, -0.25) is 4.52 Å². The first-order valence-corrected chi connectivity index (χ1v) is 18.2. The van der Waals surface area contributed by atoms with Crippen molar-refractivity contribution in [1.29, 1.82) is 0 Å². The Morgan fingerprint density at radius 2 is 1.41 bits per heavy atom. The second kappa shape index (κ2) is 21.6. The molecule has 2 atom stereocenters. The van der Waals surface area contributed by atoms with Crippen LogP contribution in [0.15, 0.2) is 67.0 Å². The van der Waals surface area contributed by atoms with E-state index in [0.717, 1.165) is 23.8 Å². The Hall–Kier alpha value is -2.12. The monoisotopic (exact) mass is 628 g/mol. The Balaban J connectivity index is 1.24. The number of unbranched alkanes of at least 4 members (excludes halogenated alkanes) is 13. The largest absolute Gasteiger partial charge is 0.598 e. The van der Waals surface area contributed by atoms with Crippen LogP contribution in [0.25, 0.3) is 10.8 Å². The van der Waals surface area contributed by atoms with Gasteiger partial charge in [0.1, 0.15) is 12.7 Å². The van der Waals surface area contributed by atoms with Gasteiger partial charge in [0.25, 0.3) is 0 Å². The van der Waals surface area contributed by atoms with Crippen molar-refractivity contribution in [1.82, 2.24) is 0 Å². The molecule has 1 heterocycles. The number of phosphoric acid groups is 1. The Labute approximate surface area is 266 Å². The molecular formula is C36H55NO6P+. The Bertz CT molecular complexity index is 1180. The zero-order valence-corrected chi connectivity index (χ0v) is 27.9. The molecular weight excluding hydrogens is 573 g/mol. The van der Waals surface area contributed by atoms with Crippen LogP contribution in [-0.4, -0.2) is 37.9 Å². The third-order valence-corrected chi connectivity index (χ3v) is 8.85. The van der Waals surface area contributed by atoms with Gasteiger partial charge in [-0.25, -0.2) is 4.57 Å². The summed E-state index contributed by atoms with van der Waals surface area (Å²) in [6, 6.07) is 17.4. The number of hydrogen-bond donors (Lipinski definition) is 1. The van der Waals surface area contributed by atoms with Crippen molar-refractivity contribution in [2.24, 2.45) is 0 Å². The van der Waals surface area contributed by atoms with Crippen molar-refractivity contribution in [2.45, 2.75) is 109 Å². The van der Waals surface area contributed by atoms with E-state index in [9.17, 15) is 9.79 Å². The lowest BCUT2D eigenvalue weighted by atomic mass is 10.0. The van der Waals surface area contributed by atoms with Gasteiger partial charge in [0.15, 0.2) is 24.7 Å². The van der Waals surface area contributed by atoms with Gasteiger partial charge in [-0.2, -0.15) is 9.42 Å². The highest BCUT2D eigenvalue weighted by Gasteiger charge is 2.31. The lowest BCUT2D eigenvalue weighted by Gasteiger charge is -2.22. The topological polar surface area (TPSA) is 84.1 Å². The minimum absolute atomic E-state index is 0.102. The normalized spacial score (nSPS) is 13.6. The van der Waals surface area contributed by atoms with E-state index in [2.05, 4.69) is 35.9 Å². The number of methoxy groups -OCH3 is 1. The first-order valence-electron chi connectivity index (χ1n) is 16.7. The molecule has 7 nitrogen and oxygen atoms in total. The molecule has 0 fully saturated rings. The van der Waals surface area contributed by atoms with Crippen molar-refractivity contribution >= 4 is 18.9 Å². The summed E-state index contributed by atoms with van der Waals surface area (Å²) in [5.74, 6) is 0.276. The van der Waals surface area contributed by atoms with Crippen molar-refractivity contribution in [3.05, 3.63) is 72.6 Å². The van der Waals surface area contributed by atoms with Crippen LogP contribution < -0.4 is 14.0 Å². The number of pyridine rings is 1. The van der Waals surface area contributed by atoms with Gasteiger partial charge in [-0.15, -0.1) is 0 Å². The summed E-state index contributed by atoms with van der Waals surface area (Å²) < 4.78 is 23.8. The molecule has 0 bridgehead atoms. The summed E-state index contributed by atoms with van der Waals surface area (Å²) in [5, 5.41) is 2.32. The molecule has 0 amide bonds. The summed E-state index contributed by atoms with van der Waals surface area (Å²) in [6.45, 7) is 3.71. The SMILES string of the molecule is CCCCCCCCCCCCCCCCOC[C@H](CO[P+]([O-])(O)Oc1cccc(C[n+]2ccc3ccccc3c2)c1)OC. The number of rotatable bonds is 25. The molecule has 0 aliphatic heterocycles. The highest BCUT2D eigenvalue weighted by molar-refractivity contribution is 7.53. The summed E-state index contributed by atoms with van der Waals surface area (Å²) in [4.78, 5) is 23.0. The maximum absolute atomic E-state index is 12.7. The van der Waals surface area contributed by atoms with Crippen LogP contribution in [0, 0.1) is 0 Å². The minimum atomic E-state index is -4.33. The fourth-order valence-corrected chi connectivity index (χ4v) is 6.11. The minimum Gasteiger partial charge on any atom is -0.598 e. The van der Waals surface area contributed by atoms with E-state index >= 15 is 0 Å². The highest BCUT2D eigenvalue weighted by atomic mass is 31.2. The van der Waals surface area contributed by atoms with Gasteiger partial charge < -0.3 is 14.4 Å². The van der Waals surface area contributed by atoms with Crippen LogP contribution in [-0.2, 0) is 20.5 Å². The van der Waals surface area contributed by atoms with E-state index in [1.54, 1.807) is 25.3 Å². The zero-order chi connectivity index (χ0) is 31.3. The molecule has 1 unspecified atom stereocenters. The average Bonchev–Trinajstić information content (AvgIpc) is 3.02. The number of fused-ring (bicyclic) bond motifs is 1. The van der Waals surface area contributed by atoms with E-state index in [4.69, 9.17) is 18.5 Å². The van der Waals surface area contributed by atoms with Crippen molar-refractivity contribution < 1.29 is 32.9 Å². The molecule has 0 spiro atoms. The fourth-order valence-electron chi connectivity index (χ4n) is 5.32. The first kappa shape index (κ1) is 36.3. The lowest BCUT2D eigenvalue weighted by molar-refractivity contribution is -0.687. The Kier molecular flexibility index (Phi) is 17.8. The number of phosphoric ester groups is 1. The second-order valence-corrected chi connectivity index (χ2v) is 13.2. The molecule has 2 aromatic carbocycles. The van der Waals surface area contributed by atoms with Gasteiger partial charge in [0.05, 0.1) is 6.61 Å². The molecule has 1 N–H and O–H groups in total. The van der Waals surface area contributed by atoms with Crippen LogP contribution >= 0.6 is 8.17 Å². The fraction of sp³-hybridized carbons (Fsp3) is 0.583. The molecule has 0 saturated carbocycles. The molecule has 0 saturated heterocycles. The van der Waals surface area contributed by atoms with E-state index in [0.29, 0.717) is 19.8 Å². The standard InChI is InChI=1S/C36H54NO6P/c1-3-4-5-6-7-8-9-10-11-12-13-14-15-18-26-41-30-36(40-2)31-42-44(38,39)43-35-23-19-20-32(27-35)28-37-25-24-33-21-16-17-22-34(33)29-37/h16-17,19-25,27,29,36H,3-15,18,26,28,30-31H2,1-2H3/p+1/t36-/m1/s1. The van der Waals surface area contributed by atoms with Gasteiger partial charge in [0, 0.05) is 30.7 Å². The van der Waals surface area contributed by atoms with Crippen molar-refractivity contribution in [3.8, 4) is 5.75 Å². The number of hydrogen-bond acceptors (Lipinski definition) is 6. The maximum Gasteiger partial charge on any atom is 0.426 e. The summed E-state index contributed by atoms with van der Waals surface area (Å²) >= 11 is 0. The van der Waals surface area contributed by atoms with Crippen molar-refractivity contribution in [2.75, 3.05) is 26.9 Å². The Morgan fingerprint density at radius 3 is 2.07 bits per heavy atom. The summed E-state index contributed by atoms with van der Waals surface area (Å²) in [6.07, 6.45) is 22.1. The average molecular weight is 629 g/mol. The van der Waals surface area contributed by atoms with Gasteiger partial charge in [-0.05, 0) is 30.0 Å². The van der Waals surface area contributed by atoms with Gasteiger partial charge in [-0.1, -0.05) is 121 Å². The van der Waals surface area contributed by atoms with Crippen LogP contribution in [0.4, 0.5) is 0 Å². The van der Waals surface area contributed by atoms with Crippen LogP contribution in [0.3, 0.4) is 0 Å². The van der Waals surface area contributed by atoms with Crippen LogP contribution in [0.2, 0.25) is 0 Å². The highest BCUT2D eigenvalue weighted by Crippen LogP contribution is 2.47. The van der Waals surface area contributed by atoms with Gasteiger partial charge in [0.2, 0.25) is 0 Å². The number of aromatic nitrogens is 1. The lowest BCUT2D eigenvalue weighted by Crippen LogP contribution is -2.33. The Morgan fingerprint density at radius 1 is 0.773 bits per heavy atom. The molecule has 0 radical (unpaired) electrons. The van der Waals surface area contributed by atoms with E-state index in [-0.39, 0.29) is 12.4 Å². The first-order chi connectivity index (χ1) is 21.5. The smallest absolute Gasteiger partial charge is 0.426 e. The van der Waals surface area contributed by atoms with Crippen LogP contribution in [0.1, 0.15) is 102 Å². The van der Waals surface area contributed by atoms with Gasteiger partial charge >= 0.3 is 8.17 Å². The maximum atomic E-state index is 12.7. The molecule has 8 heteroatoms. The molecule has 244 valence electrons.